The molecule has 2 aliphatic heterocycles. The molecule has 1 N–H and O–H groups in total. The molecule has 0 saturated carbocycles. The second kappa shape index (κ2) is 6.73. The van der Waals surface area contributed by atoms with E-state index in [-0.39, 0.29) is 37.9 Å². The highest BCUT2D eigenvalue weighted by Crippen LogP contribution is 2.42. The lowest BCUT2D eigenvalue weighted by atomic mass is 9.99. The van der Waals surface area contributed by atoms with Gasteiger partial charge in [-0.2, -0.15) is 13.2 Å². The molecular weight excluding hydrogens is 399 g/mol. The molecule has 1 aromatic rings. The number of hydrogen-bond acceptors (Lipinski definition) is 5. The Kier molecular flexibility index (Phi) is 4.95. The fraction of sp³-hybridized carbons (Fsp3) is 0.588. The first kappa shape index (κ1) is 20.6. The van der Waals surface area contributed by atoms with Gasteiger partial charge in [-0.15, -0.1) is 11.3 Å². The standard InChI is InChI=1S/C17H20F3N3O4S/c1-4-23-11(24)8-21(3)13(25)12-9-5-6-22(7-10(9)28-14(12)23)15(26)16(2,27)17(18,19)20/h27H,4-8H2,1-3H3. The average Bonchev–Trinajstić information content (AvgIpc) is 2.93. The highest BCUT2D eigenvalue weighted by molar-refractivity contribution is 7.17. The maximum atomic E-state index is 13.0. The van der Waals surface area contributed by atoms with E-state index in [1.165, 1.54) is 16.8 Å². The van der Waals surface area contributed by atoms with E-state index >= 15 is 0 Å². The van der Waals surface area contributed by atoms with E-state index in [0.29, 0.717) is 34.5 Å². The maximum absolute atomic E-state index is 13.0. The Morgan fingerprint density at radius 1 is 1.25 bits per heavy atom. The van der Waals surface area contributed by atoms with E-state index in [2.05, 4.69) is 0 Å². The summed E-state index contributed by atoms with van der Waals surface area (Å²) in [7, 11) is 1.52. The van der Waals surface area contributed by atoms with E-state index in [1.54, 1.807) is 6.92 Å². The van der Waals surface area contributed by atoms with Gasteiger partial charge in [0, 0.05) is 25.0 Å². The Morgan fingerprint density at radius 3 is 2.46 bits per heavy atom. The fourth-order valence-corrected chi connectivity index (χ4v) is 4.82. The molecule has 0 spiro atoms. The number of anilines is 1. The van der Waals surface area contributed by atoms with Gasteiger partial charge in [-0.25, -0.2) is 0 Å². The summed E-state index contributed by atoms with van der Waals surface area (Å²) in [5.74, 6) is -2.00. The zero-order valence-electron chi connectivity index (χ0n) is 15.6. The van der Waals surface area contributed by atoms with E-state index < -0.39 is 17.7 Å². The number of nitrogens with zero attached hydrogens (tertiary/aromatic N) is 3. The summed E-state index contributed by atoms with van der Waals surface area (Å²) < 4.78 is 39.0. The molecule has 3 heterocycles. The number of carbonyl (C=O) groups excluding carboxylic acids is 3. The molecule has 0 aliphatic carbocycles. The van der Waals surface area contributed by atoms with Gasteiger partial charge >= 0.3 is 6.18 Å². The Morgan fingerprint density at radius 2 is 1.89 bits per heavy atom. The molecule has 7 nitrogen and oxygen atoms in total. The van der Waals surface area contributed by atoms with Crippen LogP contribution in [0.15, 0.2) is 0 Å². The van der Waals surface area contributed by atoms with Crippen LogP contribution in [0.1, 0.15) is 34.6 Å². The first-order valence-electron chi connectivity index (χ1n) is 8.69. The van der Waals surface area contributed by atoms with Crippen molar-refractivity contribution in [2.24, 2.45) is 0 Å². The van der Waals surface area contributed by atoms with Gasteiger partial charge in [-0.3, -0.25) is 14.4 Å². The third-order valence-corrected chi connectivity index (χ3v) is 6.33. The van der Waals surface area contributed by atoms with Gasteiger partial charge in [0.25, 0.3) is 11.8 Å². The topological polar surface area (TPSA) is 81.2 Å². The number of amides is 3. The van der Waals surface area contributed by atoms with Crippen LogP contribution in [0.25, 0.3) is 0 Å². The zero-order chi connectivity index (χ0) is 21.0. The molecular formula is C17H20F3N3O4S. The molecule has 154 valence electrons. The number of halogens is 3. The first-order chi connectivity index (χ1) is 12.9. The number of thiophene rings is 1. The molecule has 0 bridgehead atoms. The quantitative estimate of drug-likeness (QED) is 0.786. The van der Waals surface area contributed by atoms with Crippen LogP contribution in [0.3, 0.4) is 0 Å². The minimum atomic E-state index is -5.10. The van der Waals surface area contributed by atoms with E-state index in [4.69, 9.17) is 0 Å². The van der Waals surface area contributed by atoms with Crippen molar-refractivity contribution in [2.75, 3.05) is 31.6 Å². The maximum Gasteiger partial charge on any atom is 0.426 e. The van der Waals surface area contributed by atoms with E-state index in [0.717, 1.165) is 16.2 Å². The molecule has 3 rings (SSSR count). The summed E-state index contributed by atoms with van der Waals surface area (Å²) in [6.07, 6.45) is -4.92. The number of carbonyl (C=O) groups is 3. The third kappa shape index (κ3) is 3.06. The Labute approximate surface area is 163 Å². The van der Waals surface area contributed by atoms with Gasteiger partial charge in [-0.05, 0) is 25.8 Å². The normalized spacial score (nSPS) is 19.9. The van der Waals surface area contributed by atoms with Crippen molar-refractivity contribution in [2.45, 2.75) is 38.6 Å². The number of likely N-dealkylation sites (N-methyl/N-ethyl adjacent to an activating group) is 2. The molecule has 11 heteroatoms. The van der Waals surface area contributed by atoms with E-state index in [9.17, 15) is 32.7 Å². The number of alkyl halides is 3. The van der Waals surface area contributed by atoms with Crippen molar-refractivity contribution >= 4 is 34.1 Å². The lowest BCUT2D eigenvalue weighted by Gasteiger charge is -2.34. The molecule has 1 atom stereocenters. The predicted octanol–water partition coefficient (Wildman–Crippen LogP) is 1.38. The molecule has 1 unspecified atom stereocenters. The van der Waals surface area contributed by atoms with Gasteiger partial charge in [0.2, 0.25) is 11.5 Å². The molecule has 28 heavy (non-hydrogen) atoms. The van der Waals surface area contributed by atoms with Crippen LogP contribution in [-0.2, 0) is 22.6 Å². The summed E-state index contributed by atoms with van der Waals surface area (Å²) in [5.41, 5.74) is -2.45. The minimum Gasteiger partial charge on any atom is -0.373 e. The molecule has 1 aromatic heterocycles. The van der Waals surface area contributed by atoms with Crippen molar-refractivity contribution < 1.29 is 32.7 Å². The van der Waals surface area contributed by atoms with Gasteiger partial charge in [0.15, 0.2) is 0 Å². The monoisotopic (exact) mass is 419 g/mol. The SMILES string of the molecule is CCN1C(=O)CN(C)C(=O)c2c1sc1c2CCN(C(=O)C(C)(O)C(F)(F)F)C1. The molecule has 0 radical (unpaired) electrons. The van der Waals surface area contributed by atoms with Gasteiger partial charge < -0.3 is 19.8 Å². The summed E-state index contributed by atoms with van der Waals surface area (Å²) in [5, 5.41) is 10.1. The summed E-state index contributed by atoms with van der Waals surface area (Å²) in [6, 6.07) is 0. The van der Waals surface area contributed by atoms with Crippen molar-refractivity contribution in [1.82, 2.24) is 9.80 Å². The highest BCUT2D eigenvalue weighted by Gasteiger charge is 2.57. The third-order valence-electron chi connectivity index (χ3n) is 5.09. The second-order valence-electron chi connectivity index (χ2n) is 7.03. The zero-order valence-corrected chi connectivity index (χ0v) is 16.4. The van der Waals surface area contributed by atoms with Gasteiger partial charge in [0.05, 0.1) is 12.1 Å². The van der Waals surface area contributed by atoms with Crippen molar-refractivity contribution in [1.29, 1.82) is 0 Å². The predicted molar refractivity (Wildman–Crippen MR) is 95.1 cm³/mol. The molecule has 0 fully saturated rings. The lowest BCUT2D eigenvalue weighted by molar-refractivity contribution is -0.250. The first-order valence-corrected chi connectivity index (χ1v) is 9.50. The van der Waals surface area contributed by atoms with Crippen molar-refractivity contribution in [3.63, 3.8) is 0 Å². The van der Waals surface area contributed by atoms with E-state index in [1.807, 2.05) is 0 Å². The number of fused-ring (bicyclic) bond motifs is 3. The van der Waals surface area contributed by atoms with Crippen molar-refractivity contribution in [3.8, 4) is 0 Å². The van der Waals surface area contributed by atoms with Crippen LogP contribution < -0.4 is 4.90 Å². The van der Waals surface area contributed by atoms with Crippen molar-refractivity contribution in [3.05, 3.63) is 16.0 Å². The summed E-state index contributed by atoms with van der Waals surface area (Å²) >= 11 is 1.13. The minimum absolute atomic E-state index is 0.0537. The Balaban J connectivity index is 1.99. The lowest BCUT2D eigenvalue weighted by Crippen LogP contribution is -2.56. The van der Waals surface area contributed by atoms with Crippen LogP contribution in [0.4, 0.5) is 18.2 Å². The average molecular weight is 419 g/mol. The van der Waals surface area contributed by atoms with Crippen LogP contribution in [0, 0.1) is 0 Å². The summed E-state index contributed by atoms with van der Waals surface area (Å²) in [4.78, 5) is 41.8. The molecule has 2 aliphatic rings. The summed E-state index contributed by atoms with van der Waals surface area (Å²) in [6.45, 7) is 2.29. The Bertz CT molecular complexity index is 849. The molecule has 0 saturated heterocycles. The molecule has 3 amide bonds. The van der Waals surface area contributed by atoms with Crippen LogP contribution >= 0.6 is 11.3 Å². The van der Waals surface area contributed by atoms with Crippen LogP contribution in [0.5, 0.6) is 0 Å². The Hall–Kier alpha value is -2.14. The largest absolute Gasteiger partial charge is 0.426 e. The number of rotatable bonds is 2. The highest BCUT2D eigenvalue weighted by atomic mass is 32.1. The second-order valence-corrected chi connectivity index (χ2v) is 8.11. The smallest absolute Gasteiger partial charge is 0.373 e. The molecule has 0 aromatic carbocycles. The fourth-order valence-electron chi connectivity index (χ4n) is 3.39. The van der Waals surface area contributed by atoms with Crippen LogP contribution in [-0.4, -0.2) is 71.1 Å². The van der Waals surface area contributed by atoms with Gasteiger partial charge in [0.1, 0.15) is 11.5 Å². The number of hydrogen-bond donors (Lipinski definition) is 1. The van der Waals surface area contributed by atoms with Crippen LogP contribution in [0.2, 0.25) is 0 Å². The number of aliphatic hydroxyl groups is 1. The van der Waals surface area contributed by atoms with Gasteiger partial charge in [-0.1, -0.05) is 0 Å².